The molecular weight excluding hydrogens is 412 g/mol. The molecule has 7 nitrogen and oxygen atoms in total. The Balaban J connectivity index is 1.93. The smallest absolute Gasteiger partial charge is 0.374 e. The SMILES string of the molecule is CCO[Si](CCCNc1nc(Sc2ccccc2)nc(=S)[nH]1)(OCC)OCC. The van der Waals surface area contributed by atoms with Gasteiger partial charge in [-0.3, -0.25) is 0 Å². The van der Waals surface area contributed by atoms with Gasteiger partial charge in [-0.1, -0.05) is 18.2 Å². The van der Waals surface area contributed by atoms with Crippen LogP contribution in [0.2, 0.25) is 6.04 Å². The molecule has 28 heavy (non-hydrogen) atoms. The van der Waals surface area contributed by atoms with Crippen molar-refractivity contribution >= 4 is 38.7 Å². The van der Waals surface area contributed by atoms with Crippen LogP contribution in [-0.2, 0) is 13.3 Å². The summed E-state index contributed by atoms with van der Waals surface area (Å²) in [5, 5.41) is 3.89. The van der Waals surface area contributed by atoms with Gasteiger partial charge in [0.25, 0.3) is 0 Å². The van der Waals surface area contributed by atoms with E-state index in [1.807, 2.05) is 51.1 Å². The van der Waals surface area contributed by atoms with Gasteiger partial charge in [0, 0.05) is 37.3 Å². The standard InChI is InChI=1S/C18H28N4O3S2Si/c1-4-23-28(24-5-2,25-6-3)14-10-13-19-16-20-17(26)22-18(21-16)27-15-11-8-7-9-12-15/h7-9,11-12H,4-6,10,13-14H2,1-3H3,(H2,19,20,21,22,26). The highest BCUT2D eigenvalue weighted by Crippen LogP contribution is 2.24. The molecule has 0 aliphatic rings. The van der Waals surface area contributed by atoms with E-state index in [4.69, 9.17) is 25.5 Å². The predicted molar refractivity (Wildman–Crippen MR) is 116 cm³/mol. The maximum Gasteiger partial charge on any atom is 0.500 e. The molecule has 0 spiro atoms. The summed E-state index contributed by atoms with van der Waals surface area (Å²) in [6.45, 7) is 8.33. The number of rotatable bonds is 13. The van der Waals surface area contributed by atoms with Gasteiger partial charge in [-0.05, 0) is 63.3 Å². The summed E-state index contributed by atoms with van der Waals surface area (Å²) in [5.74, 6) is 0.606. The molecule has 154 valence electrons. The van der Waals surface area contributed by atoms with Gasteiger partial charge in [0.2, 0.25) is 10.7 Å². The van der Waals surface area contributed by atoms with E-state index >= 15 is 0 Å². The highest BCUT2D eigenvalue weighted by molar-refractivity contribution is 7.99. The third-order valence-corrected chi connectivity index (χ3v) is 7.85. The molecule has 2 N–H and O–H groups in total. The zero-order valence-corrected chi connectivity index (χ0v) is 19.2. The average molecular weight is 441 g/mol. The van der Waals surface area contributed by atoms with Crippen LogP contribution >= 0.6 is 24.0 Å². The van der Waals surface area contributed by atoms with Crippen LogP contribution in [0.25, 0.3) is 0 Å². The first-order chi connectivity index (χ1) is 13.6. The van der Waals surface area contributed by atoms with Gasteiger partial charge >= 0.3 is 8.80 Å². The second-order valence-electron chi connectivity index (χ2n) is 5.71. The molecule has 10 heteroatoms. The number of aromatic amines is 1. The van der Waals surface area contributed by atoms with Crippen LogP contribution in [0.5, 0.6) is 0 Å². The zero-order chi connectivity index (χ0) is 20.2. The van der Waals surface area contributed by atoms with Crippen molar-refractivity contribution in [3.8, 4) is 0 Å². The van der Waals surface area contributed by atoms with Crippen LogP contribution in [0.4, 0.5) is 5.95 Å². The van der Waals surface area contributed by atoms with Gasteiger partial charge in [-0.15, -0.1) is 0 Å². The fourth-order valence-corrected chi connectivity index (χ4v) is 6.23. The third kappa shape index (κ3) is 7.61. The average Bonchev–Trinajstić information content (AvgIpc) is 2.66. The van der Waals surface area contributed by atoms with Crippen LogP contribution in [0, 0.1) is 4.77 Å². The third-order valence-electron chi connectivity index (χ3n) is 3.63. The number of H-pyrrole nitrogens is 1. The predicted octanol–water partition coefficient (Wildman–Crippen LogP) is 4.54. The van der Waals surface area contributed by atoms with E-state index in [-0.39, 0.29) is 0 Å². The summed E-state index contributed by atoms with van der Waals surface area (Å²) in [4.78, 5) is 12.9. The number of hydrogen-bond acceptors (Lipinski definition) is 8. The lowest BCUT2D eigenvalue weighted by atomic mass is 10.4. The van der Waals surface area contributed by atoms with Gasteiger partial charge in [-0.25, -0.2) is 0 Å². The van der Waals surface area contributed by atoms with Crippen molar-refractivity contribution < 1.29 is 13.3 Å². The number of nitrogens with one attached hydrogen (secondary N) is 2. The van der Waals surface area contributed by atoms with Crippen LogP contribution in [-0.4, -0.2) is 50.1 Å². The molecule has 0 aliphatic carbocycles. The van der Waals surface area contributed by atoms with Crippen molar-refractivity contribution in [1.29, 1.82) is 0 Å². The minimum absolute atomic E-state index is 0.401. The maximum absolute atomic E-state index is 5.88. The summed E-state index contributed by atoms with van der Waals surface area (Å²) >= 11 is 6.71. The molecule has 0 radical (unpaired) electrons. The Morgan fingerprint density at radius 1 is 1.04 bits per heavy atom. The second kappa shape index (κ2) is 12.3. The van der Waals surface area contributed by atoms with Crippen molar-refractivity contribution in [3.05, 3.63) is 35.1 Å². The van der Waals surface area contributed by atoms with Crippen molar-refractivity contribution in [2.75, 3.05) is 31.7 Å². The normalized spacial score (nSPS) is 11.5. The molecule has 1 heterocycles. The molecule has 1 aromatic heterocycles. The Morgan fingerprint density at radius 3 is 2.29 bits per heavy atom. The number of anilines is 1. The van der Waals surface area contributed by atoms with Gasteiger partial charge in [-0.2, -0.15) is 9.97 Å². The number of hydrogen-bond donors (Lipinski definition) is 2. The van der Waals surface area contributed by atoms with Crippen molar-refractivity contribution in [2.45, 2.75) is 43.3 Å². The molecule has 0 saturated heterocycles. The van der Waals surface area contributed by atoms with E-state index in [1.54, 1.807) is 0 Å². The molecular formula is C18H28N4O3S2Si. The topological polar surface area (TPSA) is 81.3 Å². The summed E-state index contributed by atoms with van der Waals surface area (Å²) < 4.78 is 18.0. The molecule has 2 aromatic rings. The van der Waals surface area contributed by atoms with E-state index in [0.717, 1.165) is 17.4 Å². The molecule has 0 saturated carbocycles. The second-order valence-corrected chi connectivity index (χ2v) is 9.87. The Labute approximate surface area is 177 Å². The van der Waals surface area contributed by atoms with Gasteiger partial charge < -0.3 is 23.6 Å². The molecule has 1 aromatic carbocycles. The van der Waals surface area contributed by atoms with Crippen molar-refractivity contribution in [3.63, 3.8) is 0 Å². The first-order valence-electron chi connectivity index (χ1n) is 9.47. The van der Waals surface area contributed by atoms with Crippen LogP contribution in [0.15, 0.2) is 40.4 Å². The minimum atomic E-state index is -2.61. The number of benzene rings is 1. The zero-order valence-electron chi connectivity index (χ0n) is 16.6. The van der Waals surface area contributed by atoms with Crippen LogP contribution in [0.3, 0.4) is 0 Å². The summed E-state index contributed by atoms with van der Waals surface area (Å²) in [6.07, 6.45) is 0.831. The van der Waals surface area contributed by atoms with Crippen LogP contribution < -0.4 is 5.32 Å². The monoisotopic (exact) mass is 440 g/mol. The van der Waals surface area contributed by atoms with E-state index in [2.05, 4.69) is 20.3 Å². The lowest BCUT2D eigenvalue weighted by Crippen LogP contribution is -2.46. The Kier molecular flexibility index (Phi) is 10.1. The molecule has 0 fully saturated rings. The quantitative estimate of drug-likeness (QED) is 0.267. The first kappa shape index (κ1) is 23.0. The molecule has 0 amide bonds. The van der Waals surface area contributed by atoms with Crippen LogP contribution in [0.1, 0.15) is 27.2 Å². The van der Waals surface area contributed by atoms with Crippen molar-refractivity contribution in [2.24, 2.45) is 0 Å². The summed E-state index contributed by atoms with van der Waals surface area (Å²) in [6, 6.07) is 10.7. The fraction of sp³-hybridized carbons (Fsp3) is 0.500. The largest absolute Gasteiger partial charge is 0.500 e. The van der Waals surface area contributed by atoms with Gasteiger partial charge in [0.15, 0.2) is 5.16 Å². The lowest BCUT2D eigenvalue weighted by Gasteiger charge is -2.28. The first-order valence-corrected chi connectivity index (χ1v) is 12.6. The number of nitrogens with zero attached hydrogens (tertiary/aromatic N) is 2. The Morgan fingerprint density at radius 2 is 1.68 bits per heavy atom. The Bertz CT molecular complexity index is 747. The van der Waals surface area contributed by atoms with E-state index in [1.165, 1.54) is 11.8 Å². The molecule has 0 atom stereocenters. The van der Waals surface area contributed by atoms with E-state index < -0.39 is 8.80 Å². The highest BCUT2D eigenvalue weighted by atomic mass is 32.2. The number of aromatic nitrogens is 3. The molecule has 0 aliphatic heterocycles. The van der Waals surface area contributed by atoms with Gasteiger partial charge in [0.1, 0.15) is 0 Å². The summed E-state index contributed by atoms with van der Waals surface area (Å²) in [7, 11) is -2.61. The maximum atomic E-state index is 5.88. The molecule has 0 bridgehead atoms. The van der Waals surface area contributed by atoms with Gasteiger partial charge in [0.05, 0.1) is 0 Å². The highest BCUT2D eigenvalue weighted by Gasteiger charge is 2.39. The lowest BCUT2D eigenvalue weighted by molar-refractivity contribution is 0.0710. The Hall–Kier alpha value is -1.30. The molecule has 2 rings (SSSR count). The fourth-order valence-electron chi connectivity index (χ4n) is 2.60. The van der Waals surface area contributed by atoms with E-state index in [0.29, 0.717) is 42.2 Å². The molecule has 0 unspecified atom stereocenters. The minimum Gasteiger partial charge on any atom is -0.374 e. The van der Waals surface area contributed by atoms with Crippen molar-refractivity contribution in [1.82, 2.24) is 15.0 Å². The summed E-state index contributed by atoms with van der Waals surface area (Å²) in [5.41, 5.74) is 0. The van der Waals surface area contributed by atoms with E-state index in [9.17, 15) is 0 Å².